The van der Waals surface area contributed by atoms with Gasteiger partial charge in [-0.3, -0.25) is 4.72 Å². The first-order chi connectivity index (χ1) is 15.9. The van der Waals surface area contributed by atoms with Crippen LogP contribution in [0.25, 0.3) is 21.5 Å². The van der Waals surface area contributed by atoms with E-state index < -0.39 is 28.3 Å². The normalized spacial score (nSPS) is 11.6. The fourth-order valence-corrected chi connectivity index (χ4v) is 4.28. The number of nitrogens with one attached hydrogen (secondary N) is 2. The maximum atomic E-state index is 15.2. The van der Waals surface area contributed by atoms with Crippen LogP contribution < -0.4 is 10.0 Å². The van der Waals surface area contributed by atoms with Gasteiger partial charge in [-0.1, -0.05) is 29.3 Å². The minimum atomic E-state index is -2.00. The number of aromatic nitrogens is 3. The SMILES string of the molecule is [N-]=[N+]=Nc1ccc2ncnc(Nc3c(F)ccc(NS(=O)c4cccc(Cl)c4Cl)c3F)c2n1. The minimum Gasteiger partial charge on any atom is -0.333 e. The Bertz CT molecular complexity index is 1470. The van der Waals surface area contributed by atoms with Gasteiger partial charge in [0.2, 0.25) is 0 Å². The van der Waals surface area contributed by atoms with Crippen LogP contribution in [0.5, 0.6) is 0 Å². The van der Waals surface area contributed by atoms with Crippen LogP contribution >= 0.6 is 23.2 Å². The van der Waals surface area contributed by atoms with Gasteiger partial charge in [-0.2, -0.15) is 0 Å². The molecule has 2 N–H and O–H groups in total. The van der Waals surface area contributed by atoms with Crippen LogP contribution in [-0.4, -0.2) is 19.2 Å². The predicted octanol–water partition coefficient (Wildman–Crippen LogP) is 6.43. The standard InChI is InChI=1S/C19H10Cl2F2N8OS/c20-9-2-1-3-13(15(9)21)33(32)30-11-5-4-10(22)17(16(11)23)28-19-18-12(25-8-26-19)6-7-14(27-18)29-31-24/h1-8,30H,(H,25,26,28). The molecule has 1 atom stereocenters. The van der Waals surface area contributed by atoms with Crippen molar-refractivity contribution in [3.63, 3.8) is 0 Å². The molecule has 2 aromatic heterocycles. The highest BCUT2D eigenvalue weighted by Crippen LogP contribution is 2.33. The summed E-state index contributed by atoms with van der Waals surface area (Å²) in [5.74, 6) is -2.03. The third-order valence-corrected chi connectivity index (χ3v) is 6.34. The number of halogens is 4. The van der Waals surface area contributed by atoms with E-state index in [9.17, 15) is 8.60 Å². The summed E-state index contributed by atoms with van der Waals surface area (Å²) in [6.45, 7) is 0. The summed E-state index contributed by atoms with van der Waals surface area (Å²) in [5, 5.41) is 6.16. The second kappa shape index (κ2) is 9.51. The molecule has 1 unspecified atom stereocenters. The fourth-order valence-electron chi connectivity index (χ4n) is 2.77. The molecule has 0 spiro atoms. The monoisotopic (exact) mass is 506 g/mol. The van der Waals surface area contributed by atoms with Gasteiger partial charge in [-0.25, -0.2) is 27.9 Å². The predicted molar refractivity (Wildman–Crippen MR) is 122 cm³/mol. The van der Waals surface area contributed by atoms with E-state index >= 15 is 4.39 Å². The van der Waals surface area contributed by atoms with Gasteiger partial charge in [0.15, 0.2) is 22.6 Å². The smallest absolute Gasteiger partial charge is 0.173 e. The van der Waals surface area contributed by atoms with Crippen LogP contribution in [-0.2, 0) is 11.0 Å². The van der Waals surface area contributed by atoms with Crippen molar-refractivity contribution in [3.05, 3.63) is 80.9 Å². The lowest BCUT2D eigenvalue weighted by Gasteiger charge is -2.14. The molecule has 9 nitrogen and oxygen atoms in total. The molecular formula is C19H10Cl2F2N8OS. The summed E-state index contributed by atoms with van der Waals surface area (Å²) in [5.41, 5.74) is 8.23. The molecule has 4 aromatic rings. The quantitative estimate of drug-likeness (QED) is 0.177. The van der Waals surface area contributed by atoms with E-state index in [0.717, 1.165) is 12.1 Å². The molecule has 166 valence electrons. The Balaban J connectivity index is 1.71. The van der Waals surface area contributed by atoms with Gasteiger partial charge < -0.3 is 5.32 Å². The Labute approximate surface area is 197 Å². The number of rotatable bonds is 6. The molecule has 0 aliphatic rings. The summed E-state index contributed by atoms with van der Waals surface area (Å²) < 4.78 is 44.8. The Kier molecular flexibility index (Phi) is 6.52. The Morgan fingerprint density at radius 1 is 1.09 bits per heavy atom. The highest BCUT2D eigenvalue weighted by Gasteiger charge is 2.19. The zero-order valence-electron chi connectivity index (χ0n) is 16.1. The number of azide groups is 1. The van der Waals surface area contributed by atoms with Crippen molar-refractivity contribution < 1.29 is 13.0 Å². The number of fused-ring (bicyclic) bond motifs is 1. The van der Waals surface area contributed by atoms with Gasteiger partial charge in [-0.05, 0) is 47.0 Å². The maximum absolute atomic E-state index is 15.2. The summed E-state index contributed by atoms with van der Waals surface area (Å²) >= 11 is 12.0. The van der Waals surface area contributed by atoms with Gasteiger partial charge in [0, 0.05) is 4.91 Å². The maximum Gasteiger partial charge on any atom is 0.173 e. The summed E-state index contributed by atoms with van der Waals surface area (Å²) in [7, 11) is -2.00. The van der Waals surface area contributed by atoms with Crippen molar-refractivity contribution in [3.8, 4) is 0 Å². The first kappa shape index (κ1) is 22.6. The van der Waals surface area contributed by atoms with E-state index in [1.807, 2.05) is 0 Å². The average Bonchev–Trinajstić information content (AvgIpc) is 2.80. The number of pyridine rings is 1. The Morgan fingerprint density at radius 2 is 1.91 bits per heavy atom. The van der Waals surface area contributed by atoms with Crippen molar-refractivity contribution in [2.75, 3.05) is 10.0 Å². The molecule has 0 fully saturated rings. The molecule has 4 rings (SSSR count). The molecule has 0 radical (unpaired) electrons. The van der Waals surface area contributed by atoms with Crippen LogP contribution in [0.4, 0.5) is 31.8 Å². The second-order valence-corrected chi connectivity index (χ2v) is 8.25. The first-order valence-electron chi connectivity index (χ1n) is 8.93. The highest BCUT2D eigenvalue weighted by atomic mass is 35.5. The van der Waals surface area contributed by atoms with E-state index in [-0.39, 0.29) is 37.8 Å². The van der Waals surface area contributed by atoms with Crippen LogP contribution in [0.3, 0.4) is 0 Å². The second-order valence-electron chi connectivity index (χ2n) is 6.28. The number of nitrogens with zero attached hydrogens (tertiary/aromatic N) is 6. The number of anilines is 3. The molecule has 0 bridgehead atoms. The van der Waals surface area contributed by atoms with Crippen LogP contribution in [0, 0.1) is 11.6 Å². The zero-order chi connectivity index (χ0) is 23.5. The average molecular weight is 507 g/mol. The molecule has 0 aliphatic heterocycles. The van der Waals surface area contributed by atoms with Crippen LogP contribution in [0.1, 0.15) is 0 Å². The third-order valence-electron chi connectivity index (χ3n) is 4.27. The Hall–Kier alpha value is -3.57. The van der Waals surface area contributed by atoms with Crippen molar-refractivity contribution in [2.45, 2.75) is 4.90 Å². The van der Waals surface area contributed by atoms with E-state index in [2.05, 4.69) is 35.0 Å². The summed E-state index contributed by atoms with van der Waals surface area (Å²) in [4.78, 5) is 14.9. The van der Waals surface area contributed by atoms with Gasteiger partial charge in [0.1, 0.15) is 29.2 Å². The van der Waals surface area contributed by atoms with Crippen LogP contribution in [0.2, 0.25) is 10.0 Å². The lowest BCUT2D eigenvalue weighted by atomic mass is 10.2. The molecular weight excluding hydrogens is 497 g/mol. The van der Waals surface area contributed by atoms with Gasteiger partial charge in [0.05, 0.1) is 26.1 Å². The zero-order valence-corrected chi connectivity index (χ0v) is 18.5. The van der Waals surface area contributed by atoms with Crippen LogP contribution in [0.15, 0.2) is 58.8 Å². The van der Waals surface area contributed by atoms with Crippen molar-refractivity contribution in [1.29, 1.82) is 0 Å². The molecule has 2 heterocycles. The summed E-state index contributed by atoms with van der Waals surface area (Å²) in [6.07, 6.45) is 1.17. The lowest BCUT2D eigenvalue weighted by molar-refractivity contribution is 0.593. The largest absolute Gasteiger partial charge is 0.333 e. The van der Waals surface area contributed by atoms with Gasteiger partial charge in [-0.15, -0.1) is 0 Å². The molecule has 33 heavy (non-hydrogen) atoms. The van der Waals surface area contributed by atoms with Crippen molar-refractivity contribution in [2.24, 2.45) is 5.11 Å². The molecule has 14 heteroatoms. The first-order valence-corrected chi connectivity index (χ1v) is 10.8. The van der Waals surface area contributed by atoms with Gasteiger partial charge in [0.25, 0.3) is 0 Å². The number of hydrogen-bond acceptors (Lipinski definition) is 6. The van der Waals surface area contributed by atoms with Crippen molar-refractivity contribution >= 4 is 68.2 Å². The van der Waals surface area contributed by atoms with E-state index in [1.54, 1.807) is 0 Å². The van der Waals surface area contributed by atoms with E-state index in [4.69, 9.17) is 28.7 Å². The lowest BCUT2D eigenvalue weighted by Crippen LogP contribution is -2.09. The topological polar surface area (TPSA) is 129 Å². The fraction of sp³-hybridized carbons (Fsp3) is 0. The minimum absolute atomic E-state index is 0.0213. The molecule has 2 aromatic carbocycles. The molecule has 0 aliphatic carbocycles. The molecule has 0 amide bonds. The third kappa shape index (κ3) is 4.64. The van der Waals surface area contributed by atoms with E-state index in [0.29, 0.717) is 5.52 Å². The molecule has 0 saturated heterocycles. The highest BCUT2D eigenvalue weighted by molar-refractivity contribution is 7.86. The Morgan fingerprint density at radius 3 is 2.70 bits per heavy atom. The summed E-state index contributed by atoms with van der Waals surface area (Å²) in [6, 6.07) is 9.52. The molecule has 0 saturated carbocycles. The van der Waals surface area contributed by atoms with Crippen molar-refractivity contribution in [1.82, 2.24) is 15.0 Å². The van der Waals surface area contributed by atoms with E-state index in [1.165, 1.54) is 36.7 Å². The number of hydrogen-bond donors (Lipinski definition) is 2. The number of benzene rings is 2. The van der Waals surface area contributed by atoms with Gasteiger partial charge >= 0.3 is 0 Å².